The van der Waals surface area contributed by atoms with Gasteiger partial charge in [0, 0.05) is 25.4 Å². The van der Waals surface area contributed by atoms with Crippen LogP contribution in [0.5, 0.6) is 0 Å². The van der Waals surface area contributed by atoms with Crippen molar-refractivity contribution in [3.8, 4) is 0 Å². The number of hydrogen-bond acceptors (Lipinski definition) is 5. The van der Waals surface area contributed by atoms with Gasteiger partial charge >= 0.3 is 0 Å². The average molecular weight is 341 g/mol. The van der Waals surface area contributed by atoms with Gasteiger partial charge in [0.05, 0.1) is 10.3 Å². The summed E-state index contributed by atoms with van der Waals surface area (Å²) in [5, 5.41) is 8.02. The molecule has 0 atom stereocenters. The number of primary sulfonamides is 1. The van der Waals surface area contributed by atoms with Gasteiger partial charge in [-0.25, -0.2) is 13.6 Å². The van der Waals surface area contributed by atoms with Crippen LogP contribution in [0, 0.1) is 5.41 Å². The number of benzene rings is 1. The molecule has 0 radical (unpaired) electrons. The average Bonchev–Trinajstić information content (AvgIpc) is 2.54. The first-order chi connectivity index (χ1) is 10.8. The predicted molar refractivity (Wildman–Crippen MR) is 87.4 cm³/mol. The Hall–Kier alpha value is -1.48. The number of anilines is 1. The number of sulfonamides is 1. The van der Waals surface area contributed by atoms with E-state index in [4.69, 9.17) is 15.6 Å². The second-order valence-corrected chi connectivity index (χ2v) is 7.30. The first-order valence-electron chi connectivity index (χ1n) is 7.57. The van der Waals surface area contributed by atoms with Crippen molar-refractivity contribution < 1.29 is 17.9 Å². The highest BCUT2D eigenvalue weighted by Gasteiger charge is 2.38. The van der Waals surface area contributed by atoms with Crippen LogP contribution >= 0.6 is 0 Å². The fourth-order valence-electron chi connectivity index (χ4n) is 2.74. The summed E-state index contributed by atoms with van der Waals surface area (Å²) in [4.78, 5) is 12.6. The van der Waals surface area contributed by atoms with Crippen LogP contribution in [0.3, 0.4) is 0 Å². The highest BCUT2D eigenvalue weighted by molar-refractivity contribution is 7.89. The van der Waals surface area contributed by atoms with E-state index < -0.39 is 15.4 Å². The molecule has 0 spiro atoms. The van der Waals surface area contributed by atoms with Crippen LogP contribution in [0.4, 0.5) is 5.69 Å². The second kappa shape index (κ2) is 6.96. The summed E-state index contributed by atoms with van der Waals surface area (Å²) in [6.45, 7) is 3.04. The lowest BCUT2D eigenvalue weighted by Crippen LogP contribution is -2.46. The first-order valence-corrected chi connectivity index (χ1v) is 9.12. The lowest BCUT2D eigenvalue weighted by Gasteiger charge is -2.34. The monoisotopic (exact) mass is 341 g/mol. The van der Waals surface area contributed by atoms with Crippen molar-refractivity contribution in [2.45, 2.75) is 31.1 Å². The normalized spacial score (nSPS) is 17.7. The van der Waals surface area contributed by atoms with E-state index in [0.717, 1.165) is 0 Å². The first kappa shape index (κ1) is 17.9. The van der Waals surface area contributed by atoms with Crippen LogP contribution in [-0.2, 0) is 26.0 Å². The summed E-state index contributed by atoms with van der Waals surface area (Å²) in [5.74, 6) is -0.215. The van der Waals surface area contributed by atoms with Gasteiger partial charge in [-0.15, -0.1) is 0 Å². The Balaban J connectivity index is 2.27. The Kier molecular flexibility index (Phi) is 5.41. The number of amides is 1. The molecule has 1 aliphatic rings. The highest BCUT2D eigenvalue weighted by atomic mass is 32.2. The maximum atomic E-state index is 12.6. The number of nitrogens with two attached hydrogens (primary N) is 2. The van der Waals surface area contributed by atoms with Gasteiger partial charge in [-0.3, -0.25) is 4.79 Å². The van der Waals surface area contributed by atoms with Crippen molar-refractivity contribution in [1.29, 1.82) is 0 Å². The molecule has 1 amide bonds. The minimum atomic E-state index is -3.85. The Labute approximate surface area is 136 Å². The predicted octanol–water partition coefficient (Wildman–Crippen LogP) is 0.590. The van der Waals surface area contributed by atoms with Crippen molar-refractivity contribution >= 4 is 21.6 Å². The van der Waals surface area contributed by atoms with Crippen LogP contribution in [0.25, 0.3) is 0 Å². The summed E-state index contributed by atoms with van der Waals surface area (Å²) in [6, 6.07) is 4.74. The van der Waals surface area contributed by atoms with E-state index >= 15 is 0 Å². The number of nitrogens with one attached hydrogen (secondary N) is 1. The molecular weight excluding hydrogens is 318 g/mol. The fraction of sp³-hybridized carbons (Fsp3) is 0.533. The summed E-state index contributed by atoms with van der Waals surface area (Å²) >= 11 is 0. The van der Waals surface area contributed by atoms with Crippen molar-refractivity contribution in [2.75, 3.05) is 25.1 Å². The van der Waals surface area contributed by atoms with Gasteiger partial charge in [-0.1, -0.05) is 13.0 Å². The van der Waals surface area contributed by atoms with Crippen LogP contribution in [0.1, 0.15) is 25.3 Å². The van der Waals surface area contributed by atoms with Crippen LogP contribution in [0.2, 0.25) is 0 Å². The van der Waals surface area contributed by atoms with Crippen molar-refractivity contribution in [2.24, 2.45) is 16.3 Å². The molecule has 128 valence electrons. The lowest BCUT2D eigenvalue weighted by atomic mass is 9.79. The Morgan fingerprint density at radius 3 is 2.52 bits per heavy atom. The molecule has 0 saturated carbocycles. The van der Waals surface area contributed by atoms with Crippen molar-refractivity contribution in [1.82, 2.24) is 0 Å². The van der Waals surface area contributed by atoms with Crippen LogP contribution in [-0.4, -0.2) is 34.1 Å². The van der Waals surface area contributed by atoms with Gasteiger partial charge in [0.1, 0.15) is 0 Å². The SMILES string of the molecule is CCc1ccc(NC(=O)C2(CN)CCOCC2)cc1S(N)(=O)=O. The quantitative estimate of drug-likeness (QED) is 0.723. The van der Waals surface area contributed by atoms with Crippen molar-refractivity contribution in [3.05, 3.63) is 23.8 Å². The number of hydrogen-bond donors (Lipinski definition) is 3. The molecule has 5 N–H and O–H groups in total. The minimum Gasteiger partial charge on any atom is -0.381 e. The van der Waals surface area contributed by atoms with Gasteiger partial charge < -0.3 is 15.8 Å². The minimum absolute atomic E-state index is 0.0339. The van der Waals surface area contributed by atoms with Crippen molar-refractivity contribution in [3.63, 3.8) is 0 Å². The molecular formula is C15H23N3O4S. The second-order valence-electron chi connectivity index (χ2n) is 5.77. The summed E-state index contributed by atoms with van der Waals surface area (Å²) in [7, 11) is -3.85. The molecule has 1 aromatic rings. The third-order valence-corrected chi connectivity index (χ3v) is 5.33. The fourth-order valence-corrected chi connectivity index (χ4v) is 3.61. The molecule has 1 aromatic carbocycles. The maximum absolute atomic E-state index is 12.6. The highest BCUT2D eigenvalue weighted by Crippen LogP contribution is 2.31. The Bertz CT molecular complexity index is 682. The number of carbonyl (C=O) groups excluding carboxylic acids is 1. The van der Waals surface area contributed by atoms with Gasteiger partial charge in [-0.2, -0.15) is 0 Å². The van der Waals surface area contributed by atoms with Gasteiger partial charge in [0.15, 0.2) is 0 Å². The topological polar surface area (TPSA) is 125 Å². The van der Waals surface area contributed by atoms with E-state index in [-0.39, 0.29) is 17.3 Å². The molecule has 23 heavy (non-hydrogen) atoms. The Morgan fingerprint density at radius 1 is 1.35 bits per heavy atom. The standard InChI is InChI=1S/C15H23N3O4S/c1-2-11-3-4-12(9-13(11)23(17,20)21)18-14(19)15(10-16)5-7-22-8-6-15/h3-4,9H,2,5-8,10,16H2,1H3,(H,18,19)(H2,17,20,21). The molecule has 1 heterocycles. The number of aryl methyl sites for hydroxylation is 1. The molecule has 8 heteroatoms. The van der Waals surface area contributed by atoms with E-state index in [0.29, 0.717) is 43.7 Å². The third kappa shape index (κ3) is 3.89. The zero-order valence-electron chi connectivity index (χ0n) is 13.2. The largest absolute Gasteiger partial charge is 0.381 e. The summed E-state index contributed by atoms with van der Waals surface area (Å²) in [6.07, 6.45) is 1.62. The number of rotatable bonds is 5. The molecule has 1 saturated heterocycles. The molecule has 0 aromatic heterocycles. The van der Waals surface area contributed by atoms with Crippen LogP contribution in [0.15, 0.2) is 23.1 Å². The van der Waals surface area contributed by atoms with Crippen LogP contribution < -0.4 is 16.2 Å². The molecule has 1 fully saturated rings. The third-order valence-electron chi connectivity index (χ3n) is 4.33. The smallest absolute Gasteiger partial charge is 0.238 e. The molecule has 1 aliphatic heterocycles. The molecule has 0 bridgehead atoms. The summed E-state index contributed by atoms with van der Waals surface area (Å²) in [5.41, 5.74) is 6.14. The Morgan fingerprint density at radius 2 is 2.00 bits per heavy atom. The molecule has 0 aliphatic carbocycles. The number of ether oxygens (including phenoxy) is 1. The zero-order valence-corrected chi connectivity index (χ0v) is 14.0. The van der Waals surface area contributed by atoms with Gasteiger partial charge in [-0.05, 0) is 37.0 Å². The van der Waals surface area contributed by atoms with E-state index in [1.165, 1.54) is 6.07 Å². The van der Waals surface area contributed by atoms with E-state index in [9.17, 15) is 13.2 Å². The molecule has 2 rings (SSSR count). The maximum Gasteiger partial charge on any atom is 0.238 e. The van der Waals surface area contributed by atoms with E-state index in [1.807, 2.05) is 6.92 Å². The lowest BCUT2D eigenvalue weighted by molar-refractivity contribution is -0.130. The van der Waals surface area contributed by atoms with Gasteiger partial charge in [0.25, 0.3) is 0 Å². The zero-order chi connectivity index (χ0) is 17.1. The molecule has 0 unspecified atom stereocenters. The van der Waals surface area contributed by atoms with E-state index in [1.54, 1.807) is 12.1 Å². The molecule has 7 nitrogen and oxygen atoms in total. The summed E-state index contributed by atoms with van der Waals surface area (Å²) < 4.78 is 28.7. The van der Waals surface area contributed by atoms with E-state index in [2.05, 4.69) is 5.32 Å². The van der Waals surface area contributed by atoms with Gasteiger partial charge in [0.2, 0.25) is 15.9 Å². The number of carbonyl (C=O) groups is 1.